The Kier molecular flexibility index (Phi) is 2.34. The molecule has 4 N–H and O–H groups in total. The lowest BCUT2D eigenvalue weighted by atomic mass is 9.65. The van der Waals surface area contributed by atoms with Crippen molar-refractivity contribution >= 4 is 0 Å². The molecule has 1 rings (SSSR count). The Labute approximate surface area is 74.2 Å². The Balaban J connectivity index is 2.71. The van der Waals surface area contributed by atoms with E-state index in [0.29, 0.717) is 0 Å². The molecule has 0 spiro atoms. The van der Waals surface area contributed by atoms with E-state index < -0.39 is 17.3 Å². The second-order valence-corrected chi connectivity index (χ2v) is 3.62. The average Bonchev–Trinajstić information content (AvgIpc) is 1.96. The maximum atomic E-state index is 12.4. The highest BCUT2D eigenvalue weighted by molar-refractivity contribution is 5.13. The van der Waals surface area contributed by atoms with Crippen molar-refractivity contribution in [3.63, 3.8) is 0 Å². The van der Waals surface area contributed by atoms with Gasteiger partial charge in [0.1, 0.15) is 0 Å². The molecule has 1 saturated carbocycles. The summed E-state index contributed by atoms with van der Waals surface area (Å²) >= 11 is 0. The molecular weight excluding hydrogens is 185 g/mol. The number of nitrogens with two attached hydrogens (primary N) is 2. The van der Waals surface area contributed by atoms with E-state index in [1.54, 1.807) is 0 Å². The topological polar surface area (TPSA) is 61.3 Å². The van der Waals surface area contributed by atoms with E-state index in [4.69, 9.17) is 11.5 Å². The Bertz CT molecular complexity index is 198. The van der Waals surface area contributed by atoms with E-state index in [1.165, 1.54) is 0 Å². The maximum absolute atomic E-state index is 12.4. The smallest absolute Gasteiger partial charge is 0.369 e. The molecule has 78 valence electrons. The van der Waals surface area contributed by atoms with Gasteiger partial charge in [0.2, 0.25) is 0 Å². The van der Waals surface area contributed by atoms with Gasteiger partial charge in [0, 0.05) is 32.0 Å². The van der Waals surface area contributed by atoms with Gasteiger partial charge >= 0.3 is 6.18 Å². The fraction of sp³-hybridized carbons (Fsp3) is 1.00. The summed E-state index contributed by atoms with van der Waals surface area (Å²) in [4.78, 5) is 0. The SMILES string of the molecule is COC1(C(F)(F)F)CC(N)(CN)C1. The first-order valence-electron chi connectivity index (χ1n) is 3.89. The monoisotopic (exact) mass is 198 g/mol. The third kappa shape index (κ3) is 1.53. The van der Waals surface area contributed by atoms with E-state index in [9.17, 15) is 13.2 Å². The third-order valence-electron chi connectivity index (χ3n) is 2.59. The summed E-state index contributed by atoms with van der Waals surface area (Å²) in [5.74, 6) is 0. The van der Waals surface area contributed by atoms with Crippen molar-refractivity contribution in [1.29, 1.82) is 0 Å². The largest absolute Gasteiger partial charge is 0.417 e. The first-order chi connectivity index (χ1) is 5.79. The lowest BCUT2D eigenvalue weighted by Crippen LogP contribution is -2.71. The molecule has 13 heavy (non-hydrogen) atoms. The number of hydrogen-bond donors (Lipinski definition) is 2. The van der Waals surface area contributed by atoms with E-state index in [0.717, 1.165) is 7.11 Å². The summed E-state index contributed by atoms with van der Waals surface area (Å²) in [5, 5.41) is 0. The van der Waals surface area contributed by atoms with E-state index in [2.05, 4.69) is 4.74 Å². The van der Waals surface area contributed by atoms with Crippen molar-refractivity contribution in [2.45, 2.75) is 30.2 Å². The molecule has 0 amide bonds. The zero-order chi connectivity index (χ0) is 10.3. The lowest BCUT2D eigenvalue weighted by molar-refractivity contribution is -0.310. The first-order valence-corrected chi connectivity index (χ1v) is 3.89. The summed E-state index contributed by atoms with van der Waals surface area (Å²) in [5.41, 5.74) is 7.80. The molecule has 0 radical (unpaired) electrons. The van der Waals surface area contributed by atoms with Gasteiger partial charge in [-0.05, 0) is 0 Å². The summed E-state index contributed by atoms with van der Waals surface area (Å²) in [6.07, 6.45) is -4.87. The van der Waals surface area contributed by atoms with Crippen molar-refractivity contribution in [3.8, 4) is 0 Å². The van der Waals surface area contributed by atoms with Gasteiger partial charge in [-0.2, -0.15) is 13.2 Å². The molecule has 1 fully saturated rings. The number of methoxy groups -OCH3 is 1. The molecule has 0 aliphatic heterocycles. The number of rotatable bonds is 2. The van der Waals surface area contributed by atoms with Crippen LogP contribution in [0.5, 0.6) is 0 Å². The van der Waals surface area contributed by atoms with Gasteiger partial charge in [-0.3, -0.25) is 0 Å². The fourth-order valence-electron chi connectivity index (χ4n) is 1.69. The first kappa shape index (κ1) is 10.7. The normalized spacial score (nSPS) is 40.2. The van der Waals surface area contributed by atoms with Gasteiger partial charge in [0.05, 0.1) is 0 Å². The van der Waals surface area contributed by atoms with Crippen LogP contribution in [0.15, 0.2) is 0 Å². The molecule has 3 nitrogen and oxygen atoms in total. The molecule has 1 aliphatic carbocycles. The Morgan fingerprint density at radius 3 is 2.08 bits per heavy atom. The zero-order valence-corrected chi connectivity index (χ0v) is 7.32. The van der Waals surface area contributed by atoms with Gasteiger partial charge in [0.25, 0.3) is 0 Å². The highest BCUT2D eigenvalue weighted by Gasteiger charge is 2.67. The van der Waals surface area contributed by atoms with Crippen LogP contribution in [0.25, 0.3) is 0 Å². The Morgan fingerprint density at radius 2 is 1.85 bits per heavy atom. The van der Waals surface area contributed by atoms with E-state index in [-0.39, 0.29) is 19.4 Å². The minimum atomic E-state index is -4.36. The van der Waals surface area contributed by atoms with Crippen molar-refractivity contribution in [3.05, 3.63) is 0 Å². The maximum Gasteiger partial charge on any atom is 0.417 e. The highest BCUT2D eigenvalue weighted by Crippen LogP contribution is 2.51. The van der Waals surface area contributed by atoms with Gasteiger partial charge < -0.3 is 16.2 Å². The van der Waals surface area contributed by atoms with E-state index >= 15 is 0 Å². The number of hydrogen-bond acceptors (Lipinski definition) is 3. The predicted molar refractivity (Wildman–Crippen MR) is 41.0 cm³/mol. The molecular formula is C7H13F3N2O. The number of halogens is 3. The zero-order valence-electron chi connectivity index (χ0n) is 7.32. The Morgan fingerprint density at radius 1 is 1.38 bits per heavy atom. The summed E-state index contributed by atoms with van der Waals surface area (Å²) in [6.45, 7) is 0.0498. The highest BCUT2D eigenvalue weighted by atomic mass is 19.4. The summed E-state index contributed by atoms with van der Waals surface area (Å²) in [7, 11) is 1.05. The van der Waals surface area contributed by atoms with Crippen LogP contribution in [0.4, 0.5) is 13.2 Å². The second kappa shape index (κ2) is 2.83. The van der Waals surface area contributed by atoms with Crippen LogP contribution in [0.2, 0.25) is 0 Å². The molecule has 0 saturated heterocycles. The van der Waals surface area contributed by atoms with Crippen molar-refractivity contribution < 1.29 is 17.9 Å². The third-order valence-corrected chi connectivity index (χ3v) is 2.59. The van der Waals surface area contributed by atoms with Crippen LogP contribution in [-0.2, 0) is 4.74 Å². The van der Waals surface area contributed by atoms with Crippen LogP contribution in [0, 0.1) is 0 Å². The standard InChI is InChI=1S/C7H13F3N2O/c1-13-6(7(8,9)10)2-5(12,3-6)4-11/h2-4,11-12H2,1H3. The van der Waals surface area contributed by atoms with Crippen LogP contribution < -0.4 is 11.5 Å². The summed E-state index contributed by atoms with van der Waals surface area (Å²) in [6, 6.07) is 0. The molecule has 6 heteroatoms. The van der Waals surface area contributed by atoms with Crippen LogP contribution >= 0.6 is 0 Å². The van der Waals surface area contributed by atoms with E-state index in [1.807, 2.05) is 0 Å². The molecule has 0 atom stereocenters. The van der Waals surface area contributed by atoms with Gasteiger partial charge in [0.15, 0.2) is 5.60 Å². The van der Waals surface area contributed by atoms with Crippen molar-refractivity contribution in [2.24, 2.45) is 11.5 Å². The lowest BCUT2D eigenvalue weighted by Gasteiger charge is -2.53. The van der Waals surface area contributed by atoms with Crippen molar-refractivity contribution in [1.82, 2.24) is 0 Å². The number of ether oxygens (including phenoxy) is 1. The average molecular weight is 198 g/mol. The second-order valence-electron chi connectivity index (χ2n) is 3.62. The predicted octanol–water partition coefficient (Wildman–Crippen LogP) is 0.384. The van der Waals surface area contributed by atoms with Crippen molar-refractivity contribution in [2.75, 3.05) is 13.7 Å². The number of alkyl halides is 3. The van der Waals surface area contributed by atoms with Crippen LogP contribution in [-0.4, -0.2) is 31.0 Å². The molecule has 0 heterocycles. The minimum Gasteiger partial charge on any atom is -0.369 e. The Hall–Kier alpha value is -0.330. The molecule has 0 unspecified atom stereocenters. The molecule has 0 aromatic carbocycles. The van der Waals surface area contributed by atoms with Crippen LogP contribution in [0.1, 0.15) is 12.8 Å². The van der Waals surface area contributed by atoms with Gasteiger partial charge in [-0.15, -0.1) is 0 Å². The molecule has 0 aromatic heterocycles. The van der Waals surface area contributed by atoms with Gasteiger partial charge in [-0.1, -0.05) is 0 Å². The summed E-state index contributed by atoms with van der Waals surface area (Å²) < 4.78 is 41.7. The minimum absolute atomic E-state index is 0.0498. The van der Waals surface area contributed by atoms with Crippen LogP contribution in [0.3, 0.4) is 0 Å². The molecule has 0 bridgehead atoms. The quantitative estimate of drug-likeness (QED) is 0.674. The molecule has 0 aromatic rings. The fourth-order valence-corrected chi connectivity index (χ4v) is 1.69. The molecule has 1 aliphatic rings. The van der Waals surface area contributed by atoms with Gasteiger partial charge in [-0.25, -0.2) is 0 Å².